The van der Waals surface area contributed by atoms with E-state index in [1.807, 2.05) is 30.5 Å². The van der Waals surface area contributed by atoms with Gasteiger partial charge < -0.3 is 9.72 Å². The standard InChI is InChI=1S/C14H15N3O3/c1-8-3-6-12(20-2)10(7-8)11-5-4-9(13(18)16-11)14(19)17-15/h3-7H,15H2,1-2H3,(H,16,18)(H,17,19). The number of pyridine rings is 1. The summed E-state index contributed by atoms with van der Waals surface area (Å²) in [6.07, 6.45) is 0. The summed E-state index contributed by atoms with van der Waals surface area (Å²) >= 11 is 0. The smallest absolute Gasteiger partial charge is 0.270 e. The van der Waals surface area contributed by atoms with E-state index in [0.29, 0.717) is 11.4 Å². The van der Waals surface area contributed by atoms with Gasteiger partial charge in [0.25, 0.3) is 11.5 Å². The average molecular weight is 273 g/mol. The van der Waals surface area contributed by atoms with Crippen molar-refractivity contribution in [3.63, 3.8) is 0 Å². The van der Waals surface area contributed by atoms with Gasteiger partial charge >= 0.3 is 0 Å². The van der Waals surface area contributed by atoms with E-state index in [0.717, 1.165) is 11.1 Å². The lowest BCUT2D eigenvalue weighted by atomic mass is 10.1. The zero-order chi connectivity index (χ0) is 14.7. The van der Waals surface area contributed by atoms with Crippen LogP contribution < -0.4 is 21.6 Å². The van der Waals surface area contributed by atoms with E-state index in [-0.39, 0.29) is 5.56 Å². The first kappa shape index (κ1) is 13.8. The number of aryl methyl sites for hydroxylation is 1. The Labute approximate surface area is 115 Å². The number of carbonyl (C=O) groups excluding carboxylic acids is 1. The van der Waals surface area contributed by atoms with E-state index < -0.39 is 11.5 Å². The van der Waals surface area contributed by atoms with Crippen molar-refractivity contribution in [2.75, 3.05) is 7.11 Å². The maximum Gasteiger partial charge on any atom is 0.270 e. The van der Waals surface area contributed by atoms with Crippen molar-refractivity contribution in [1.82, 2.24) is 10.4 Å². The molecular formula is C14H15N3O3. The van der Waals surface area contributed by atoms with E-state index >= 15 is 0 Å². The van der Waals surface area contributed by atoms with Gasteiger partial charge in [0.15, 0.2) is 0 Å². The van der Waals surface area contributed by atoms with Gasteiger partial charge in [-0.3, -0.25) is 15.0 Å². The van der Waals surface area contributed by atoms with Gasteiger partial charge in [-0.15, -0.1) is 0 Å². The van der Waals surface area contributed by atoms with Crippen molar-refractivity contribution in [2.45, 2.75) is 6.92 Å². The number of nitrogens with two attached hydrogens (primary N) is 1. The molecule has 0 spiro atoms. The number of nitrogens with one attached hydrogen (secondary N) is 2. The second-order valence-electron chi connectivity index (χ2n) is 4.29. The average Bonchev–Trinajstić information content (AvgIpc) is 2.46. The molecule has 0 aliphatic carbocycles. The highest BCUT2D eigenvalue weighted by Crippen LogP contribution is 2.28. The largest absolute Gasteiger partial charge is 0.496 e. The van der Waals surface area contributed by atoms with Gasteiger partial charge in [0.2, 0.25) is 0 Å². The van der Waals surface area contributed by atoms with Crippen LogP contribution in [-0.2, 0) is 0 Å². The lowest BCUT2D eigenvalue weighted by Crippen LogP contribution is -2.34. The summed E-state index contributed by atoms with van der Waals surface area (Å²) in [5.74, 6) is 5.03. The number of methoxy groups -OCH3 is 1. The van der Waals surface area contributed by atoms with Gasteiger partial charge in [0.05, 0.1) is 12.8 Å². The Hall–Kier alpha value is -2.60. The number of nitrogen functional groups attached to an aromatic ring is 1. The number of aromatic nitrogens is 1. The first-order valence-corrected chi connectivity index (χ1v) is 5.96. The van der Waals surface area contributed by atoms with Crippen LogP contribution in [0.15, 0.2) is 35.1 Å². The zero-order valence-corrected chi connectivity index (χ0v) is 11.2. The molecule has 1 aromatic heterocycles. The van der Waals surface area contributed by atoms with Crippen molar-refractivity contribution in [3.8, 4) is 17.0 Å². The monoisotopic (exact) mass is 273 g/mol. The molecule has 1 aromatic carbocycles. The molecule has 1 amide bonds. The molecule has 0 atom stereocenters. The first-order valence-electron chi connectivity index (χ1n) is 5.96. The van der Waals surface area contributed by atoms with Gasteiger partial charge in [0.1, 0.15) is 11.3 Å². The molecule has 0 unspecified atom stereocenters. The van der Waals surface area contributed by atoms with Crippen LogP contribution in [0.4, 0.5) is 0 Å². The summed E-state index contributed by atoms with van der Waals surface area (Å²) in [6.45, 7) is 1.94. The summed E-state index contributed by atoms with van der Waals surface area (Å²) < 4.78 is 5.27. The molecule has 6 nitrogen and oxygen atoms in total. The molecule has 0 saturated heterocycles. The van der Waals surface area contributed by atoms with Crippen molar-refractivity contribution < 1.29 is 9.53 Å². The van der Waals surface area contributed by atoms with Crippen LogP contribution in [0.5, 0.6) is 5.75 Å². The molecule has 0 saturated carbocycles. The lowest BCUT2D eigenvalue weighted by Gasteiger charge is -2.10. The fraction of sp³-hybridized carbons (Fsp3) is 0.143. The maximum absolute atomic E-state index is 11.9. The van der Waals surface area contributed by atoms with Gasteiger partial charge in [-0.25, -0.2) is 5.84 Å². The van der Waals surface area contributed by atoms with Gasteiger partial charge in [-0.2, -0.15) is 0 Å². The molecule has 0 fully saturated rings. The highest BCUT2D eigenvalue weighted by molar-refractivity contribution is 5.93. The molecule has 0 aliphatic heterocycles. The van der Waals surface area contributed by atoms with Gasteiger partial charge in [-0.05, 0) is 31.2 Å². The van der Waals surface area contributed by atoms with E-state index in [1.54, 1.807) is 13.2 Å². The second-order valence-corrected chi connectivity index (χ2v) is 4.29. The van der Waals surface area contributed by atoms with E-state index in [2.05, 4.69) is 4.98 Å². The Kier molecular flexibility index (Phi) is 3.86. The second kappa shape index (κ2) is 5.58. The number of benzene rings is 1. The van der Waals surface area contributed by atoms with E-state index in [1.165, 1.54) is 6.07 Å². The fourth-order valence-corrected chi connectivity index (χ4v) is 1.92. The number of carbonyl (C=O) groups is 1. The van der Waals surface area contributed by atoms with Crippen molar-refractivity contribution >= 4 is 5.91 Å². The predicted octanol–water partition coefficient (Wildman–Crippen LogP) is 0.962. The number of hydrazine groups is 1. The molecule has 20 heavy (non-hydrogen) atoms. The molecule has 2 aromatic rings. The van der Waals surface area contributed by atoms with Crippen LogP contribution in [0.25, 0.3) is 11.3 Å². The zero-order valence-electron chi connectivity index (χ0n) is 11.2. The van der Waals surface area contributed by atoms with Crippen LogP contribution in [0.2, 0.25) is 0 Å². The molecule has 0 radical (unpaired) electrons. The minimum absolute atomic E-state index is 0.0390. The minimum atomic E-state index is -0.631. The number of H-pyrrole nitrogens is 1. The third kappa shape index (κ3) is 2.55. The molecular weight excluding hydrogens is 258 g/mol. The van der Waals surface area contributed by atoms with Crippen LogP contribution >= 0.6 is 0 Å². The van der Waals surface area contributed by atoms with E-state index in [4.69, 9.17) is 10.6 Å². The van der Waals surface area contributed by atoms with Gasteiger partial charge in [-0.1, -0.05) is 11.6 Å². The molecule has 1 heterocycles. The Morgan fingerprint density at radius 2 is 2.05 bits per heavy atom. The summed E-state index contributed by atoms with van der Waals surface area (Å²) in [6, 6.07) is 8.70. The molecule has 104 valence electrons. The number of hydrogen-bond acceptors (Lipinski definition) is 4. The van der Waals surface area contributed by atoms with Crippen LogP contribution in [0, 0.1) is 6.92 Å². The van der Waals surface area contributed by atoms with Crippen molar-refractivity contribution in [2.24, 2.45) is 5.84 Å². The Morgan fingerprint density at radius 3 is 2.65 bits per heavy atom. The highest BCUT2D eigenvalue weighted by Gasteiger charge is 2.12. The molecule has 0 bridgehead atoms. The Bertz CT molecular complexity index is 707. The first-order chi connectivity index (χ1) is 9.56. The Balaban J connectivity index is 2.55. The maximum atomic E-state index is 11.9. The topological polar surface area (TPSA) is 97.2 Å². The molecule has 2 rings (SSSR count). The predicted molar refractivity (Wildman–Crippen MR) is 75.4 cm³/mol. The third-order valence-electron chi connectivity index (χ3n) is 2.93. The minimum Gasteiger partial charge on any atom is -0.496 e. The lowest BCUT2D eigenvalue weighted by molar-refractivity contribution is 0.0952. The summed E-state index contributed by atoms with van der Waals surface area (Å²) in [7, 11) is 1.56. The van der Waals surface area contributed by atoms with Crippen molar-refractivity contribution in [1.29, 1.82) is 0 Å². The number of ether oxygens (including phenoxy) is 1. The summed E-state index contributed by atoms with van der Waals surface area (Å²) in [5, 5.41) is 0. The normalized spacial score (nSPS) is 10.2. The SMILES string of the molecule is COc1ccc(C)cc1-c1ccc(C(=O)NN)c(=O)[nH]1. The van der Waals surface area contributed by atoms with Crippen LogP contribution in [0.3, 0.4) is 0 Å². The van der Waals surface area contributed by atoms with Gasteiger partial charge in [0, 0.05) is 5.56 Å². The third-order valence-corrected chi connectivity index (χ3v) is 2.93. The number of hydrogen-bond donors (Lipinski definition) is 3. The van der Waals surface area contributed by atoms with Crippen LogP contribution in [-0.4, -0.2) is 18.0 Å². The van der Waals surface area contributed by atoms with E-state index in [9.17, 15) is 9.59 Å². The van der Waals surface area contributed by atoms with Crippen LogP contribution in [0.1, 0.15) is 15.9 Å². The summed E-state index contributed by atoms with van der Waals surface area (Å²) in [5.41, 5.74) is 3.74. The quantitative estimate of drug-likeness (QED) is 0.441. The van der Waals surface area contributed by atoms with Crippen molar-refractivity contribution in [3.05, 3.63) is 51.8 Å². The summed E-state index contributed by atoms with van der Waals surface area (Å²) in [4.78, 5) is 25.9. The fourth-order valence-electron chi connectivity index (χ4n) is 1.92. The highest BCUT2D eigenvalue weighted by atomic mass is 16.5. The Morgan fingerprint density at radius 1 is 1.30 bits per heavy atom. The number of aromatic amines is 1. The molecule has 0 aliphatic rings. The number of amides is 1. The number of rotatable bonds is 3. The molecule has 6 heteroatoms. The molecule has 4 N–H and O–H groups in total.